The first-order valence-corrected chi connectivity index (χ1v) is 11.6. The summed E-state index contributed by atoms with van der Waals surface area (Å²) in [4.78, 5) is 26.0. The Morgan fingerprint density at radius 2 is 2.03 bits per heavy atom. The molecule has 2 rings (SSSR count). The van der Waals surface area contributed by atoms with E-state index in [0.717, 1.165) is 40.4 Å². The molecule has 0 radical (unpaired) electrons. The first kappa shape index (κ1) is 25.6. The van der Waals surface area contributed by atoms with E-state index in [1.54, 1.807) is 14.0 Å². The summed E-state index contributed by atoms with van der Waals surface area (Å²) < 4.78 is 17.0. The van der Waals surface area contributed by atoms with Crippen molar-refractivity contribution in [2.45, 2.75) is 64.9 Å². The highest BCUT2D eigenvalue weighted by Gasteiger charge is 2.45. The van der Waals surface area contributed by atoms with Gasteiger partial charge in [0.25, 0.3) is 0 Å². The Labute approximate surface area is 194 Å². The highest BCUT2D eigenvalue weighted by atomic mass is 79.9. The van der Waals surface area contributed by atoms with Gasteiger partial charge in [0.2, 0.25) is 0 Å². The maximum atomic E-state index is 13.2. The van der Waals surface area contributed by atoms with Gasteiger partial charge in [-0.3, -0.25) is 9.59 Å². The lowest BCUT2D eigenvalue weighted by Gasteiger charge is -2.38. The normalized spacial score (nSPS) is 20.6. The number of hydrogen-bond donors (Lipinski definition) is 0. The van der Waals surface area contributed by atoms with Crippen LogP contribution in [-0.2, 0) is 36.6 Å². The van der Waals surface area contributed by atoms with Gasteiger partial charge in [0, 0.05) is 30.0 Å². The number of aryl methyl sites for hydroxylation is 1. The van der Waals surface area contributed by atoms with Crippen LogP contribution in [0.25, 0.3) is 0 Å². The second-order valence-electron chi connectivity index (χ2n) is 8.07. The van der Waals surface area contributed by atoms with Gasteiger partial charge < -0.3 is 14.2 Å². The third-order valence-corrected chi connectivity index (χ3v) is 6.61. The van der Waals surface area contributed by atoms with Crippen LogP contribution in [0, 0.1) is 17.3 Å². The summed E-state index contributed by atoms with van der Waals surface area (Å²) in [6.45, 7) is 4.86. The van der Waals surface area contributed by atoms with E-state index in [1.807, 2.05) is 12.1 Å². The number of rotatable bonds is 10. The van der Waals surface area contributed by atoms with E-state index in [2.05, 4.69) is 34.7 Å². The van der Waals surface area contributed by atoms with Gasteiger partial charge in [-0.15, -0.1) is 5.92 Å². The Kier molecular flexibility index (Phi) is 10.2. The Bertz CT molecular complexity index is 838. The van der Waals surface area contributed by atoms with E-state index in [1.165, 1.54) is 7.11 Å². The quantitative estimate of drug-likeness (QED) is 0.270. The van der Waals surface area contributed by atoms with Crippen molar-refractivity contribution in [3.63, 3.8) is 0 Å². The minimum Gasteiger partial charge on any atom is -0.469 e. The van der Waals surface area contributed by atoms with Crippen LogP contribution in [0.15, 0.2) is 16.6 Å². The van der Waals surface area contributed by atoms with Gasteiger partial charge in [-0.05, 0) is 62.3 Å². The average molecular weight is 493 g/mol. The molecule has 1 aromatic carbocycles. The van der Waals surface area contributed by atoms with E-state index in [0.29, 0.717) is 26.1 Å². The summed E-state index contributed by atoms with van der Waals surface area (Å²) in [5.41, 5.74) is 2.17. The van der Waals surface area contributed by atoms with Crippen molar-refractivity contribution in [1.29, 1.82) is 0 Å². The number of hydrogen-bond acceptors (Lipinski definition) is 5. The van der Waals surface area contributed by atoms with Crippen molar-refractivity contribution in [2.75, 3.05) is 27.4 Å². The van der Waals surface area contributed by atoms with Gasteiger partial charge in [-0.25, -0.2) is 0 Å². The number of methoxy groups -OCH3 is 2. The Hall–Kier alpha value is -1.68. The van der Waals surface area contributed by atoms with Crippen molar-refractivity contribution in [2.24, 2.45) is 5.41 Å². The van der Waals surface area contributed by atoms with Crippen LogP contribution < -0.4 is 0 Å². The summed E-state index contributed by atoms with van der Waals surface area (Å²) in [6.07, 6.45) is 4.02. The predicted molar refractivity (Wildman–Crippen MR) is 124 cm³/mol. The standard InChI is InChI=1S/C25H33BrO5/c1-5-8-18-13-19(6-2)22(23(26)14-18)15-20(27)16-25(24(28)30-4)10-7-9-21(17-25)31-12-11-29-3/h13-14,21H,6-7,9-12,15-17H2,1-4H3. The van der Waals surface area contributed by atoms with Crippen LogP contribution in [0.5, 0.6) is 0 Å². The predicted octanol–water partition coefficient (Wildman–Crippen LogP) is 4.65. The lowest BCUT2D eigenvalue weighted by molar-refractivity contribution is -0.161. The zero-order valence-electron chi connectivity index (χ0n) is 19.0. The number of Topliss-reactive ketones (excluding diaryl/α,β-unsaturated/α-hetero) is 1. The number of ketones is 1. The molecule has 2 unspecified atom stereocenters. The number of esters is 1. The number of halogens is 1. The van der Waals surface area contributed by atoms with Gasteiger partial charge in [0.1, 0.15) is 5.78 Å². The molecule has 170 valence electrons. The molecule has 0 amide bonds. The Morgan fingerprint density at radius 3 is 2.68 bits per heavy atom. The van der Waals surface area contributed by atoms with Crippen molar-refractivity contribution >= 4 is 27.7 Å². The largest absolute Gasteiger partial charge is 0.469 e. The number of carbonyl (C=O) groups excluding carboxylic acids is 2. The van der Waals surface area contributed by atoms with Gasteiger partial charge in [-0.1, -0.05) is 28.8 Å². The van der Waals surface area contributed by atoms with Crippen LogP contribution >= 0.6 is 15.9 Å². The smallest absolute Gasteiger partial charge is 0.312 e. The van der Waals surface area contributed by atoms with Gasteiger partial charge in [0.05, 0.1) is 31.8 Å². The van der Waals surface area contributed by atoms with Crippen molar-refractivity contribution in [3.8, 4) is 11.8 Å². The van der Waals surface area contributed by atoms with Crippen LogP contribution in [-0.4, -0.2) is 45.3 Å². The lowest BCUT2D eigenvalue weighted by atomic mass is 9.69. The van der Waals surface area contributed by atoms with Gasteiger partial charge in [0.15, 0.2) is 0 Å². The van der Waals surface area contributed by atoms with E-state index in [9.17, 15) is 9.59 Å². The molecule has 0 N–H and O–H groups in total. The molecule has 0 heterocycles. The molecule has 1 aliphatic carbocycles. The maximum absolute atomic E-state index is 13.2. The molecule has 31 heavy (non-hydrogen) atoms. The van der Waals surface area contributed by atoms with E-state index < -0.39 is 5.41 Å². The lowest BCUT2D eigenvalue weighted by Crippen LogP contribution is -2.42. The SMILES string of the molecule is CC#Cc1cc(Br)c(CC(=O)CC2(C(=O)OC)CCCC(OCCOC)C2)c(CC)c1. The minimum absolute atomic E-state index is 0.0349. The van der Waals surface area contributed by atoms with Crippen molar-refractivity contribution in [3.05, 3.63) is 33.3 Å². The molecule has 5 nitrogen and oxygen atoms in total. The first-order chi connectivity index (χ1) is 14.9. The second kappa shape index (κ2) is 12.4. The first-order valence-electron chi connectivity index (χ1n) is 10.8. The van der Waals surface area contributed by atoms with Crippen LogP contribution in [0.1, 0.15) is 62.6 Å². The third-order valence-electron chi connectivity index (χ3n) is 5.91. The molecule has 1 saturated carbocycles. The highest BCUT2D eigenvalue weighted by molar-refractivity contribution is 9.10. The molecule has 1 aliphatic rings. The molecule has 2 atom stereocenters. The average Bonchev–Trinajstić information content (AvgIpc) is 2.75. The molecule has 1 aromatic rings. The highest BCUT2D eigenvalue weighted by Crippen LogP contribution is 2.42. The fraction of sp³-hybridized carbons (Fsp3) is 0.600. The van der Waals surface area contributed by atoms with Gasteiger partial charge in [-0.2, -0.15) is 0 Å². The monoisotopic (exact) mass is 492 g/mol. The molecular weight excluding hydrogens is 460 g/mol. The van der Waals surface area contributed by atoms with Gasteiger partial charge >= 0.3 is 5.97 Å². The second-order valence-corrected chi connectivity index (χ2v) is 8.92. The Balaban J connectivity index is 2.20. The van der Waals surface area contributed by atoms with Crippen LogP contribution in [0.4, 0.5) is 0 Å². The molecule has 0 aliphatic heterocycles. The minimum atomic E-state index is -0.825. The number of carbonyl (C=O) groups is 2. The molecule has 1 fully saturated rings. The molecule has 0 bridgehead atoms. The summed E-state index contributed by atoms with van der Waals surface area (Å²) in [5.74, 6) is 5.71. The molecule has 6 heteroatoms. The molecule has 0 aromatic heterocycles. The number of ether oxygens (including phenoxy) is 3. The van der Waals surface area contributed by atoms with E-state index in [-0.39, 0.29) is 30.7 Å². The summed E-state index contributed by atoms with van der Waals surface area (Å²) in [5, 5.41) is 0. The van der Waals surface area contributed by atoms with Crippen LogP contribution in [0.2, 0.25) is 0 Å². The van der Waals surface area contributed by atoms with E-state index in [4.69, 9.17) is 14.2 Å². The fourth-order valence-corrected chi connectivity index (χ4v) is 5.09. The molecular formula is C25H33BrO5. The summed E-state index contributed by atoms with van der Waals surface area (Å²) >= 11 is 3.62. The number of benzene rings is 1. The maximum Gasteiger partial charge on any atom is 0.312 e. The van der Waals surface area contributed by atoms with Crippen LogP contribution in [0.3, 0.4) is 0 Å². The third kappa shape index (κ3) is 6.90. The molecule has 0 saturated heterocycles. The van der Waals surface area contributed by atoms with Crippen molar-refractivity contribution < 1.29 is 23.8 Å². The Morgan fingerprint density at radius 1 is 1.26 bits per heavy atom. The van der Waals surface area contributed by atoms with E-state index >= 15 is 0 Å². The molecule has 0 spiro atoms. The summed E-state index contributed by atoms with van der Waals surface area (Å²) in [7, 11) is 3.02. The van der Waals surface area contributed by atoms with Crippen molar-refractivity contribution in [1.82, 2.24) is 0 Å². The summed E-state index contributed by atoms with van der Waals surface area (Å²) in [6, 6.07) is 3.99. The topological polar surface area (TPSA) is 61.8 Å². The fourth-order valence-electron chi connectivity index (χ4n) is 4.44. The zero-order chi connectivity index (χ0) is 22.9. The zero-order valence-corrected chi connectivity index (χ0v) is 20.6.